The summed E-state index contributed by atoms with van der Waals surface area (Å²) in [7, 11) is 0. The third kappa shape index (κ3) is 4.58. The minimum atomic E-state index is -0.870. The van der Waals surface area contributed by atoms with Crippen LogP contribution in [-0.2, 0) is 28.9 Å². The first-order valence-electron chi connectivity index (χ1n) is 12.8. The zero-order chi connectivity index (χ0) is 25.4. The van der Waals surface area contributed by atoms with E-state index in [4.69, 9.17) is 9.72 Å². The molecule has 6 heteroatoms. The van der Waals surface area contributed by atoms with E-state index in [1.165, 1.54) is 10.4 Å². The number of pyridine rings is 1. The molecule has 6 rings (SSSR count). The van der Waals surface area contributed by atoms with Crippen LogP contribution in [0.3, 0.4) is 0 Å². The van der Waals surface area contributed by atoms with Gasteiger partial charge in [-0.15, -0.1) is 11.3 Å². The summed E-state index contributed by atoms with van der Waals surface area (Å²) in [4.78, 5) is 34.9. The highest BCUT2D eigenvalue weighted by molar-refractivity contribution is 7.10. The van der Waals surface area contributed by atoms with E-state index in [0.29, 0.717) is 18.7 Å². The second-order valence-electron chi connectivity index (χ2n) is 9.70. The molecule has 37 heavy (non-hydrogen) atoms. The number of aromatic nitrogens is 1. The SMILES string of the molecule is C[C@H](OC(=O)c1c2c(nc3ccccc13)/C(=C\c1cccs1)CCC2)C(=O)N1CCc2ccccc2C1. The van der Waals surface area contributed by atoms with Gasteiger partial charge in [0.25, 0.3) is 5.91 Å². The Bertz CT molecular complexity index is 1520. The number of hydrogen-bond donors (Lipinski definition) is 0. The number of rotatable bonds is 4. The first-order valence-corrected chi connectivity index (χ1v) is 13.7. The maximum absolute atomic E-state index is 13.7. The van der Waals surface area contributed by atoms with E-state index in [9.17, 15) is 9.59 Å². The van der Waals surface area contributed by atoms with Crippen LogP contribution >= 0.6 is 11.3 Å². The van der Waals surface area contributed by atoms with Gasteiger partial charge in [-0.3, -0.25) is 4.79 Å². The number of hydrogen-bond acceptors (Lipinski definition) is 5. The monoisotopic (exact) mass is 508 g/mol. The molecule has 0 saturated heterocycles. The Morgan fingerprint density at radius 3 is 2.65 bits per heavy atom. The van der Waals surface area contributed by atoms with Crippen molar-refractivity contribution >= 4 is 45.8 Å². The molecular formula is C31H28N2O3S. The maximum Gasteiger partial charge on any atom is 0.339 e. The molecule has 4 aromatic rings. The minimum Gasteiger partial charge on any atom is -0.449 e. The van der Waals surface area contributed by atoms with Gasteiger partial charge in [0.2, 0.25) is 0 Å². The topological polar surface area (TPSA) is 59.5 Å². The van der Waals surface area contributed by atoms with Gasteiger partial charge < -0.3 is 9.64 Å². The van der Waals surface area contributed by atoms with Crippen LogP contribution in [-0.4, -0.2) is 34.4 Å². The summed E-state index contributed by atoms with van der Waals surface area (Å²) in [6.45, 7) is 2.85. The quantitative estimate of drug-likeness (QED) is 0.304. The Morgan fingerprint density at radius 1 is 1.00 bits per heavy atom. The number of fused-ring (bicyclic) bond motifs is 3. The van der Waals surface area contributed by atoms with Gasteiger partial charge in [-0.05, 0) is 78.5 Å². The van der Waals surface area contributed by atoms with Crippen molar-refractivity contribution in [3.63, 3.8) is 0 Å². The van der Waals surface area contributed by atoms with Gasteiger partial charge in [0.05, 0.1) is 16.8 Å². The Balaban J connectivity index is 1.31. The van der Waals surface area contributed by atoms with Crippen molar-refractivity contribution in [2.75, 3.05) is 6.54 Å². The third-order valence-electron chi connectivity index (χ3n) is 7.31. The number of thiophene rings is 1. The predicted molar refractivity (Wildman–Crippen MR) is 147 cm³/mol. The number of carbonyl (C=O) groups is 2. The molecule has 0 bridgehead atoms. The summed E-state index contributed by atoms with van der Waals surface area (Å²) >= 11 is 1.69. The summed E-state index contributed by atoms with van der Waals surface area (Å²) in [5.41, 5.74) is 6.66. The van der Waals surface area contributed by atoms with Crippen LogP contribution in [0.5, 0.6) is 0 Å². The van der Waals surface area contributed by atoms with Gasteiger partial charge >= 0.3 is 5.97 Å². The fraction of sp³-hybridized carbons (Fsp3) is 0.258. The Hall–Kier alpha value is -3.77. The summed E-state index contributed by atoms with van der Waals surface area (Å²) < 4.78 is 5.88. The van der Waals surface area contributed by atoms with E-state index in [1.807, 2.05) is 42.5 Å². The lowest BCUT2D eigenvalue weighted by atomic mass is 9.86. The highest BCUT2D eigenvalue weighted by Gasteiger charge is 2.30. The molecule has 5 nitrogen and oxygen atoms in total. The number of allylic oxidation sites excluding steroid dienone is 1. The van der Waals surface area contributed by atoms with Crippen LogP contribution < -0.4 is 0 Å². The van der Waals surface area contributed by atoms with Crippen LogP contribution in [0.4, 0.5) is 0 Å². The lowest BCUT2D eigenvalue weighted by Crippen LogP contribution is -2.42. The van der Waals surface area contributed by atoms with Gasteiger partial charge in [0.15, 0.2) is 6.10 Å². The second kappa shape index (κ2) is 9.94. The second-order valence-corrected chi connectivity index (χ2v) is 10.7. The fourth-order valence-electron chi connectivity index (χ4n) is 5.46. The van der Waals surface area contributed by atoms with Gasteiger partial charge in [-0.1, -0.05) is 48.5 Å². The fourth-order valence-corrected chi connectivity index (χ4v) is 6.15. The van der Waals surface area contributed by atoms with Crippen LogP contribution in [0.15, 0.2) is 66.0 Å². The molecule has 2 aromatic carbocycles. The van der Waals surface area contributed by atoms with Crippen molar-refractivity contribution < 1.29 is 14.3 Å². The number of amides is 1. The lowest BCUT2D eigenvalue weighted by molar-refractivity contribution is -0.140. The zero-order valence-electron chi connectivity index (χ0n) is 20.8. The molecule has 0 radical (unpaired) electrons. The molecule has 1 aliphatic carbocycles. The van der Waals surface area contributed by atoms with E-state index in [2.05, 4.69) is 29.7 Å². The molecule has 0 spiro atoms. The maximum atomic E-state index is 13.7. The molecule has 2 aromatic heterocycles. The first-order chi connectivity index (χ1) is 18.1. The van der Waals surface area contributed by atoms with Crippen molar-refractivity contribution in [1.82, 2.24) is 9.88 Å². The van der Waals surface area contributed by atoms with E-state index >= 15 is 0 Å². The number of nitrogens with zero attached hydrogens (tertiary/aromatic N) is 2. The molecule has 3 heterocycles. The van der Waals surface area contributed by atoms with Gasteiger partial charge in [-0.25, -0.2) is 9.78 Å². The highest BCUT2D eigenvalue weighted by atomic mass is 32.1. The summed E-state index contributed by atoms with van der Waals surface area (Å²) in [6, 6.07) is 20.0. The predicted octanol–water partition coefficient (Wildman–Crippen LogP) is 6.30. The molecule has 0 saturated carbocycles. The molecular weight excluding hydrogens is 480 g/mol. The van der Waals surface area contributed by atoms with Crippen LogP contribution in [0.1, 0.15) is 57.4 Å². The largest absolute Gasteiger partial charge is 0.449 e. The van der Waals surface area contributed by atoms with Gasteiger partial charge in [0.1, 0.15) is 0 Å². The molecule has 1 amide bonds. The highest BCUT2D eigenvalue weighted by Crippen LogP contribution is 2.37. The Kier molecular flexibility index (Phi) is 6.35. The van der Waals surface area contributed by atoms with Crippen molar-refractivity contribution in [3.8, 4) is 0 Å². The summed E-state index contributed by atoms with van der Waals surface area (Å²) in [6.07, 6.45) is 4.72. The van der Waals surface area contributed by atoms with E-state index in [-0.39, 0.29) is 5.91 Å². The van der Waals surface area contributed by atoms with Gasteiger partial charge in [-0.2, -0.15) is 0 Å². The Morgan fingerprint density at radius 2 is 1.81 bits per heavy atom. The van der Waals surface area contributed by atoms with Crippen molar-refractivity contribution in [3.05, 3.63) is 98.9 Å². The molecule has 0 N–H and O–H groups in total. The van der Waals surface area contributed by atoms with Crippen molar-refractivity contribution in [2.45, 2.75) is 45.3 Å². The van der Waals surface area contributed by atoms with Crippen molar-refractivity contribution in [2.24, 2.45) is 0 Å². The van der Waals surface area contributed by atoms with Crippen LogP contribution in [0.2, 0.25) is 0 Å². The molecule has 1 atom stereocenters. The summed E-state index contributed by atoms with van der Waals surface area (Å²) in [5.74, 6) is -0.612. The average molecular weight is 509 g/mol. The number of carbonyl (C=O) groups excluding carboxylic acids is 2. The lowest BCUT2D eigenvalue weighted by Gasteiger charge is -2.31. The van der Waals surface area contributed by atoms with Gasteiger partial charge in [0, 0.05) is 23.4 Å². The number of esters is 1. The minimum absolute atomic E-state index is 0.159. The van der Waals surface area contributed by atoms with Crippen molar-refractivity contribution in [1.29, 1.82) is 0 Å². The average Bonchev–Trinajstić information content (AvgIpc) is 3.44. The molecule has 0 fully saturated rings. The normalized spacial score (nSPS) is 16.8. The molecule has 2 aliphatic rings. The standard InChI is InChI=1S/C31H28N2O3S/c1-20(30(34)33-16-15-21-8-2-3-9-23(21)19-33)36-31(35)28-25-12-4-5-14-27(25)32-29-22(10-6-13-26(28)29)18-24-11-7-17-37-24/h2-5,7-9,11-12,14,17-18,20H,6,10,13,15-16,19H2,1H3/b22-18-/t20-/m0/s1. The van der Waals surface area contributed by atoms with E-state index < -0.39 is 12.1 Å². The summed E-state index contributed by atoms with van der Waals surface area (Å²) in [5, 5.41) is 2.83. The number of para-hydroxylation sites is 1. The van der Waals surface area contributed by atoms with E-state index in [1.54, 1.807) is 23.2 Å². The van der Waals surface area contributed by atoms with Crippen LogP contribution in [0, 0.1) is 0 Å². The number of benzene rings is 2. The molecule has 1 aliphatic heterocycles. The van der Waals surface area contributed by atoms with E-state index in [0.717, 1.165) is 59.0 Å². The first kappa shape index (κ1) is 23.6. The number of ether oxygens (including phenoxy) is 1. The Labute approximate surface area is 220 Å². The van der Waals surface area contributed by atoms with Crippen LogP contribution in [0.25, 0.3) is 22.6 Å². The third-order valence-corrected chi connectivity index (χ3v) is 8.13. The molecule has 186 valence electrons. The molecule has 0 unspecified atom stereocenters. The smallest absolute Gasteiger partial charge is 0.339 e. The zero-order valence-corrected chi connectivity index (χ0v) is 21.6.